The van der Waals surface area contributed by atoms with E-state index in [2.05, 4.69) is 72.8 Å². The average molecular weight is 479 g/mol. The Labute approximate surface area is 190 Å². The molecule has 0 amide bonds. The lowest BCUT2D eigenvalue weighted by Crippen LogP contribution is -2.38. The van der Waals surface area contributed by atoms with E-state index >= 15 is 0 Å². The Bertz CT molecular complexity index is 1260. The van der Waals surface area contributed by atoms with Crippen molar-refractivity contribution in [2.24, 2.45) is 0 Å². The lowest BCUT2D eigenvalue weighted by atomic mass is 10.1. The highest BCUT2D eigenvalue weighted by Gasteiger charge is 2.24. The second-order valence-corrected chi connectivity index (χ2v) is 9.55. The molecule has 1 saturated heterocycles. The first kappa shape index (κ1) is 19.5. The van der Waals surface area contributed by atoms with Crippen LogP contribution in [0.4, 0.5) is 5.69 Å². The number of hydrogen-bond donors (Lipinski definition) is 0. The summed E-state index contributed by atoms with van der Waals surface area (Å²) in [5, 5.41) is 2.51. The summed E-state index contributed by atoms with van der Waals surface area (Å²) in [5.74, 6) is 0. The summed E-state index contributed by atoms with van der Waals surface area (Å²) in [5.41, 5.74) is 6.18. The summed E-state index contributed by atoms with van der Waals surface area (Å²) in [6, 6.07) is 15.2. The number of para-hydroxylation sites is 1. The van der Waals surface area contributed by atoms with Gasteiger partial charge in [-0.05, 0) is 37.1 Å². The van der Waals surface area contributed by atoms with Crippen LogP contribution < -0.4 is 4.90 Å². The van der Waals surface area contributed by atoms with Crippen LogP contribution in [-0.4, -0.2) is 60.4 Å². The molecule has 2 aromatic carbocycles. The molecule has 0 atom stereocenters. The second-order valence-electron chi connectivity index (χ2n) is 8.64. The van der Waals surface area contributed by atoms with Gasteiger partial charge >= 0.3 is 0 Å². The molecule has 0 spiro atoms. The predicted octanol–water partition coefficient (Wildman–Crippen LogP) is 5.04. The minimum Gasteiger partial charge on any atom is -0.379 e. The molecule has 160 valence electrons. The number of halogens is 1. The van der Waals surface area contributed by atoms with Crippen LogP contribution >= 0.6 is 15.9 Å². The molecule has 6 heteroatoms. The molecule has 4 heterocycles. The van der Waals surface area contributed by atoms with Gasteiger partial charge in [0.05, 0.1) is 41.0 Å². The van der Waals surface area contributed by atoms with Crippen LogP contribution in [-0.2, 0) is 11.3 Å². The number of anilines is 1. The maximum Gasteiger partial charge on any atom is 0.0988 e. The average Bonchev–Trinajstić information content (AvgIpc) is 2.97. The second kappa shape index (κ2) is 8.08. The lowest BCUT2D eigenvalue weighted by Gasteiger charge is -2.29. The Morgan fingerprint density at radius 1 is 0.935 bits per heavy atom. The van der Waals surface area contributed by atoms with Crippen LogP contribution in [0.1, 0.15) is 12.8 Å². The molecule has 2 aliphatic rings. The molecular formula is C25H27BrN4O. The van der Waals surface area contributed by atoms with Crippen LogP contribution in [0, 0.1) is 0 Å². The third kappa shape index (κ3) is 3.41. The molecule has 0 radical (unpaired) electrons. The summed E-state index contributed by atoms with van der Waals surface area (Å²) >= 11 is 3.70. The van der Waals surface area contributed by atoms with Crippen molar-refractivity contribution in [2.45, 2.75) is 19.4 Å². The molecule has 5 nitrogen and oxygen atoms in total. The first-order valence-electron chi connectivity index (χ1n) is 11.3. The van der Waals surface area contributed by atoms with Gasteiger partial charge in [0.25, 0.3) is 0 Å². The first-order valence-corrected chi connectivity index (χ1v) is 12.1. The van der Waals surface area contributed by atoms with Crippen molar-refractivity contribution < 1.29 is 4.74 Å². The zero-order valence-corrected chi connectivity index (χ0v) is 19.3. The normalized spacial score (nSPS) is 17.6. The maximum atomic E-state index is 5.51. The Balaban J connectivity index is 1.48. The first-order chi connectivity index (χ1) is 15.3. The number of pyridine rings is 1. The van der Waals surface area contributed by atoms with Gasteiger partial charge in [-0.2, -0.15) is 0 Å². The van der Waals surface area contributed by atoms with Crippen LogP contribution in [0.5, 0.6) is 0 Å². The van der Waals surface area contributed by atoms with E-state index in [9.17, 15) is 0 Å². The Kier molecular flexibility index (Phi) is 5.09. The lowest BCUT2D eigenvalue weighted by molar-refractivity contribution is 0.0376. The fourth-order valence-electron chi connectivity index (χ4n) is 5.30. The highest BCUT2D eigenvalue weighted by atomic mass is 79.9. The molecule has 2 aliphatic heterocycles. The number of nitrogens with zero attached hydrogens (tertiary/aromatic N) is 4. The van der Waals surface area contributed by atoms with Crippen molar-refractivity contribution in [3.63, 3.8) is 0 Å². The van der Waals surface area contributed by atoms with Gasteiger partial charge in [0, 0.05) is 54.5 Å². The maximum absolute atomic E-state index is 5.51. The number of fused-ring (bicyclic) bond motifs is 5. The summed E-state index contributed by atoms with van der Waals surface area (Å²) in [7, 11) is 0. The number of rotatable bonds is 4. The van der Waals surface area contributed by atoms with Gasteiger partial charge < -0.3 is 14.2 Å². The minimum absolute atomic E-state index is 0.869. The summed E-state index contributed by atoms with van der Waals surface area (Å²) in [6.45, 7) is 8.19. The van der Waals surface area contributed by atoms with Crippen LogP contribution in [0.3, 0.4) is 0 Å². The van der Waals surface area contributed by atoms with E-state index in [1.54, 1.807) is 0 Å². The third-order valence-electron chi connectivity index (χ3n) is 6.75. The van der Waals surface area contributed by atoms with Crippen molar-refractivity contribution in [3.05, 3.63) is 46.9 Å². The van der Waals surface area contributed by atoms with E-state index in [1.807, 2.05) is 0 Å². The molecule has 4 aromatic rings. The van der Waals surface area contributed by atoms with Crippen LogP contribution in [0.2, 0.25) is 0 Å². The molecule has 0 unspecified atom stereocenters. The van der Waals surface area contributed by atoms with E-state index in [4.69, 9.17) is 9.72 Å². The predicted molar refractivity (Wildman–Crippen MR) is 131 cm³/mol. The van der Waals surface area contributed by atoms with E-state index in [1.165, 1.54) is 33.9 Å². The SMILES string of the molecule is Brc1ccc2nc3c4ccccc4n4c3c(c2c1)N(CCCN1CCOCC1)CCC4. The molecule has 0 aliphatic carbocycles. The van der Waals surface area contributed by atoms with Gasteiger partial charge in [0.1, 0.15) is 0 Å². The Hall–Kier alpha value is -2.15. The van der Waals surface area contributed by atoms with Crippen molar-refractivity contribution in [2.75, 3.05) is 50.8 Å². The van der Waals surface area contributed by atoms with Crippen LogP contribution in [0.25, 0.3) is 32.8 Å². The number of aryl methyl sites for hydroxylation is 1. The summed E-state index contributed by atoms with van der Waals surface area (Å²) < 4.78 is 9.13. The zero-order valence-electron chi connectivity index (χ0n) is 17.7. The highest BCUT2D eigenvalue weighted by molar-refractivity contribution is 9.10. The molecular weight excluding hydrogens is 452 g/mol. The molecule has 2 aromatic heterocycles. The fourth-order valence-corrected chi connectivity index (χ4v) is 5.66. The molecule has 0 bridgehead atoms. The summed E-state index contributed by atoms with van der Waals surface area (Å²) in [6.07, 6.45) is 2.31. The van der Waals surface area contributed by atoms with E-state index in [0.29, 0.717) is 0 Å². The molecule has 1 fully saturated rings. The van der Waals surface area contributed by atoms with E-state index in [0.717, 1.165) is 74.4 Å². The minimum atomic E-state index is 0.869. The Morgan fingerprint density at radius 3 is 2.71 bits per heavy atom. The van der Waals surface area contributed by atoms with Crippen LogP contribution in [0.15, 0.2) is 46.9 Å². The number of morpholine rings is 1. The number of hydrogen-bond acceptors (Lipinski definition) is 4. The summed E-state index contributed by atoms with van der Waals surface area (Å²) in [4.78, 5) is 10.3. The van der Waals surface area contributed by atoms with Crippen molar-refractivity contribution in [1.82, 2.24) is 14.5 Å². The largest absolute Gasteiger partial charge is 0.379 e. The van der Waals surface area contributed by atoms with Gasteiger partial charge in [0.15, 0.2) is 0 Å². The molecule has 31 heavy (non-hydrogen) atoms. The van der Waals surface area contributed by atoms with Crippen molar-refractivity contribution in [3.8, 4) is 0 Å². The van der Waals surface area contributed by atoms with Gasteiger partial charge in [-0.1, -0.05) is 34.1 Å². The zero-order chi connectivity index (χ0) is 20.8. The van der Waals surface area contributed by atoms with Gasteiger partial charge in [-0.3, -0.25) is 4.90 Å². The number of aromatic nitrogens is 2. The molecule has 0 N–H and O–H groups in total. The quantitative estimate of drug-likeness (QED) is 0.411. The monoisotopic (exact) mass is 478 g/mol. The topological polar surface area (TPSA) is 33.5 Å². The van der Waals surface area contributed by atoms with Crippen molar-refractivity contribution >= 4 is 54.5 Å². The number of benzene rings is 2. The van der Waals surface area contributed by atoms with Crippen molar-refractivity contribution in [1.29, 1.82) is 0 Å². The standard InChI is InChI=1S/C25H27BrN4O/c26-18-7-8-21-20(17-18)24-25-23(27-21)19-5-1-2-6-22(19)30(25)12-4-11-29(24)10-3-9-28-13-15-31-16-14-28/h1-2,5-8,17H,3-4,9-16H2. The highest BCUT2D eigenvalue weighted by Crippen LogP contribution is 2.41. The third-order valence-corrected chi connectivity index (χ3v) is 7.24. The molecule has 0 saturated carbocycles. The van der Waals surface area contributed by atoms with Gasteiger partial charge in [0.2, 0.25) is 0 Å². The smallest absolute Gasteiger partial charge is 0.0988 e. The van der Waals surface area contributed by atoms with E-state index in [-0.39, 0.29) is 0 Å². The van der Waals surface area contributed by atoms with Gasteiger partial charge in [-0.25, -0.2) is 4.98 Å². The Morgan fingerprint density at radius 2 is 1.81 bits per heavy atom. The number of ether oxygens (including phenoxy) is 1. The fraction of sp³-hybridized carbons (Fsp3) is 0.400. The van der Waals surface area contributed by atoms with E-state index < -0.39 is 0 Å². The molecule has 6 rings (SSSR count). The van der Waals surface area contributed by atoms with Gasteiger partial charge in [-0.15, -0.1) is 0 Å².